The van der Waals surface area contributed by atoms with Crippen molar-refractivity contribution in [1.29, 1.82) is 0 Å². The average Bonchev–Trinajstić information content (AvgIpc) is 2.86. The number of pyridine rings is 1. The number of rotatable bonds is 6. The Morgan fingerprint density at radius 3 is 2.30 bits per heavy atom. The maximum atomic E-state index is 14.5. The van der Waals surface area contributed by atoms with Crippen molar-refractivity contribution in [3.8, 4) is 0 Å². The first-order valence-electron chi connectivity index (χ1n) is 11.0. The van der Waals surface area contributed by atoms with Crippen LogP contribution < -0.4 is 0 Å². The van der Waals surface area contributed by atoms with Crippen LogP contribution in [-0.4, -0.2) is 13.3 Å². The van der Waals surface area contributed by atoms with Crippen LogP contribution in [-0.2, 0) is 4.43 Å². The predicted octanol–water partition coefficient (Wildman–Crippen LogP) is 7.93. The summed E-state index contributed by atoms with van der Waals surface area (Å²) >= 11 is 0. The van der Waals surface area contributed by atoms with Crippen molar-refractivity contribution in [3.05, 3.63) is 65.0 Å². The number of hydrogen-bond donors (Lipinski definition) is 0. The Kier molecular flexibility index (Phi) is 6.93. The monoisotopic (exact) mass is 429 g/mol. The van der Waals surface area contributed by atoms with Gasteiger partial charge in [0, 0.05) is 11.8 Å². The van der Waals surface area contributed by atoms with Gasteiger partial charge < -0.3 is 4.43 Å². The summed E-state index contributed by atoms with van der Waals surface area (Å²) in [6, 6.07) is 7.52. The fourth-order valence-corrected chi connectivity index (χ4v) is 10.8. The van der Waals surface area contributed by atoms with Crippen molar-refractivity contribution >= 4 is 20.0 Å². The van der Waals surface area contributed by atoms with Crippen molar-refractivity contribution in [1.82, 2.24) is 4.98 Å². The molecule has 0 aliphatic heterocycles. The number of allylic oxidation sites excluding steroid dienone is 1. The maximum absolute atomic E-state index is 14.5. The van der Waals surface area contributed by atoms with E-state index >= 15 is 0 Å². The minimum atomic E-state index is -2.12. The van der Waals surface area contributed by atoms with Gasteiger partial charge >= 0.3 is 0 Å². The van der Waals surface area contributed by atoms with Crippen LogP contribution in [0.15, 0.2) is 36.5 Å². The molecule has 2 nitrogen and oxygen atoms in total. The Morgan fingerprint density at radius 1 is 1.00 bits per heavy atom. The highest BCUT2D eigenvalue weighted by atomic mass is 28.4. The van der Waals surface area contributed by atoms with Gasteiger partial charge in [-0.3, -0.25) is 4.98 Å². The van der Waals surface area contributed by atoms with Gasteiger partial charge in [0.15, 0.2) is 0 Å². The molecule has 1 aromatic carbocycles. The summed E-state index contributed by atoms with van der Waals surface area (Å²) in [6.45, 7) is 13.6. The molecule has 2 aromatic rings. The Balaban J connectivity index is 2.04. The van der Waals surface area contributed by atoms with Crippen molar-refractivity contribution < 1.29 is 13.2 Å². The van der Waals surface area contributed by atoms with E-state index in [1.807, 2.05) is 18.2 Å². The molecular weight excluding hydrogens is 396 g/mol. The Hall–Kier alpha value is -1.85. The maximum Gasteiger partial charge on any atom is 0.201 e. The summed E-state index contributed by atoms with van der Waals surface area (Å²) in [4.78, 5) is 4.68. The third kappa shape index (κ3) is 4.28. The minimum absolute atomic E-state index is 0.148. The van der Waals surface area contributed by atoms with Crippen LogP contribution in [0.4, 0.5) is 8.78 Å². The number of benzene rings is 1. The Morgan fingerprint density at radius 2 is 1.67 bits per heavy atom. The zero-order valence-electron chi connectivity index (χ0n) is 18.9. The van der Waals surface area contributed by atoms with E-state index in [0.29, 0.717) is 35.0 Å². The number of halogens is 2. The molecule has 0 fully saturated rings. The molecule has 30 heavy (non-hydrogen) atoms. The van der Waals surface area contributed by atoms with Crippen LogP contribution >= 0.6 is 0 Å². The van der Waals surface area contributed by atoms with Crippen molar-refractivity contribution in [2.45, 2.75) is 77.1 Å². The number of hydrogen-bond acceptors (Lipinski definition) is 2. The first-order chi connectivity index (χ1) is 14.2. The van der Waals surface area contributed by atoms with E-state index in [1.54, 1.807) is 6.20 Å². The van der Waals surface area contributed by atoms with E-state index in [-0.39, 0.29) is 6.10 Å². The van der Waals surface area contributed by atoms with Gasteiger partial charge in [-0.2, -0.15) is 0 Å². The van der Waals surface area contributed by atoms with Crippen LogP contribution in [0.1, 0.15) is 77.3 Å². The highest BCUT2D eigenvalue weighted by Crippen LogP contribution is 2.47. The number of aromatic nitrogens is 1. The molecule has 0 N–H and O–H groups in total. The summed E-state index contributed by atoms with van der Waals surface area (Å²) in [7, 11) is -2.12. The first kappa shape index (κ1) is 22.8. The molecule has 0 radical (unpaired) electrons. The average molecular weight is 430 g/mol. The summed E-state index contributed by atoms with van der Waals surface area (Å²) < 4.78 is 35.4. The highest BCUT2D eigenvalue weighted by molar-refractivity contribution is 6.77. The Labute approximate surface area is 180 Å². The van der Waals surface area contributed by atoms with Gasteiger partial charge in [-0.25, -0.2) is 8.78 Å². The zero-order valence-corrected chi connectivity index (χ0v) is 19.9. The molecule has 1 aliphatic rings. The second kappa shape index (κ2) is 9.11. The van der Waals surface area contributed by atoms with Gasteiger partial charge in [-0.1, -0.05) is 47.6 Å². The SMILES string of the molecule is CC(C)[Si](OC1CCC(c2cc(F)ccc2F)=Cc2cccnc21)(C(C)C)C(C)C. The molecule has 3 rings (SSSR count). The number of fused-ring (bicyclic) bond motifs is 1. The van der Waals surface area contributed by atoms with Gasteiger partial charge in [-0.15, -0.1) is 0 Å². The van der Waals surface area contributed by atoms with Gasteiger partial charge in [0.2, 0.25) is 8.32 Å². The van der Waals surface area contributed by atoms with E-state index < -0.39 is 20.0 Å². The Bertz CT molecular complexity index is 901. The largest absolute Gasteiger partial charge is 0.408 e. The molecule has 1 heterocycles. The predicted molar refractivity (Wildman–Crippen MR) is 123 cm³/mol. The second-order valence-corrected chi connectivity index (χ2v) is 14.6. The summed E-state index contributed by atoms with van der Waals surface area (Å²) in [5, 5.41) is 0. The first-order valence-corrected chi connectivity index (χ1v) is 13.1. The molecule has 0 saturated heterocycles. The fraction of sp³-hybridized carbons (Fsp3) is 0.480. The van der Waals surface area contributed by atoms with Crippen molar-refractivity contribution in [2.75, 3.05) is 0 Å². The summed E-state index contributed by atoms with van der Waals surface area (Å²) in [6.07, 6.45) is 4.91. The van der Waals surface area contributed by atoms with Gasteiger partial charge in [0.25, 0.3) is 0 Å². The van der Waals surface area contributed by atoms with E-state index in [4.69, 9.17) is 4.43 Å². The molecule has 1 aliphatic carbocycles. The van der Waals surface area contributed by atoms with Crippen molar-refractivity contribution in [3.63, 3.8) is 0 Å². The molecule has 1 aromatic heterocycles. The van der Waals surface area contributed by atoms with Gasteiger partial charge in [-0.05, 0) is 70.9 Å². The summed E-state index contributed by atoms with van der Waals surface area (Å²) in [5.74, 6) is -0.829. The molecular formula is C25H33F2NOSi. The molecule has 0 amide bonds. The lowest BCUT2D eigenvalue weighted by atomic mass is 9.99. The second-order valence-electron chi connectivity index (χ2n) is 9.23. The molecule has 1 atom stereocenters. The van der Waals surface area contributed by atoms with Crippen LogP contribution in [0.3, 0.4) is 0 Å². The minimum Gasteiger partial charge on any atom is -0.408 e. The smallest absolute Gasteiger partial charge is 0.201 e. The third-order valence-corrected chi connectivity index (χ3v) is 12.6. The lowest BCUT2D eigenvalue weighted by Gasteiger charge is -2.44. The molecule has 0 bridgehead atoms. The normalized spacial score (nSPS) is 17.3. The molecule has 0 spiro atoms. The zero-order chi connectivity index (χ0) is 22.1. The summed E-state index contributed by atoms with van der Waals surface area (Å²) in [5.41, 5.74) is 4.33. The van der Waals surface area contributed by atoms with E-state index in [0.717, 1.165) is 22.9 Å². The highest BCUT2D eigenvalue weighted by Gasteiger charge is 2.47. The quantitative estimate of drug-likeness (QED) is 0.435. The third-order valence-electron chi connectivity index (χ3n) is 6.51. The van der Waals surface area contributed by atoms with Crippen LogP contribution in [0.2, 0.25) is 16.6 Å². The van der Waals surface area contributed by atoms with Crippen molar-refractivity contribution in [2.24, 2.45) is 0 Å². The van der Waals surface area contributed by atoms with Gasteiger partial charge in [0.1, 0.15) is 11.6 Å². The fourth-order valence-electron chi connectivity index (χ4n) is 5.23. The standard InChI is InChI=1S/C25H33F2NOSi/c1-16(2)30(17(3)4,18(5)6)29-24-12-9-19(14-20-8-7-13-28-25(20)24)22-15-21(26)10-11-23(22)27/h7-8,10-11,13-18,24H,9,12H2,1-6H3. The molecule has 0 saturated carbocycles. The van der Waals surface area contributed by atoms with E-state index in [1.165, 1.54) is 12.1 Å². The number of nitrogens with zero attached hydrogens (tertiary/aromatic N) is 1. The molecule has 1 unspecified atom stereocenters. The topological polar surface area (TPSA) is 22.1 Å². The molecule has 5 heteroatoms. The van der Waals surface area contributed by atoms with Crippen LogP contribution in [0, 0.1) is 11.6 Å². The van der Waals surface area contributed by atoms with Crippen LogP contribution in [0.5, 0.6) is 0 Å². The van der Waals surface area contributed by atoms with E-state index in [9.17, 15) is 8.78 Å². The van der Waals surface area contributed by atoms with Gasteiger partial charge in [0.05, 0.1) is 11.8 Å². The lowest BCUT2D eigenvalue weighted by molar-refractivity contribution is 0.164. The van der Waals surface area contributed by atoms with Crippen LogP contribution in [0.25, 0.3) is 11.6 Å². The molecule has 162 valence electrons. The van der Waals surface area contributed by atoms with E-state index in [2.05, 4.69) is 46.5 Å². The lowest BCUT2D eigenvalue weighted by Crippen LogP contribution is -2.48.